The van der Waals surface area contributed by atoms with Crippen molar-refractivity contribution in [3.63, 3.8) is 0 Å². The minimum Gasteiger partial charge on any atom is -1.00 e. The first kappa shape index (κ1) is 16.0. The molecule has 1 fully saturated rings. The molecule has 2 nitrogen and oxygen atoms in total. The highest BCUT2D eigenvalue weighted by atomic mass is 127. The Morgan fingerprint density at radius 2 is 1.78 bits per heavy atom. The van der Waals surface area contributed by atoms with E-state index in [1.165, 1.54) is 44.1 Å². The Bertz CT molecular complexity index is 377. The van der Waals surface area contributed by atoms with Gasteiger partial charge in [0.1, 0.15) is 5.88 Å². The van der Waals surface area contributed by atoms with Crippen LogP contribution in [0.2, 0.25) is 0 Å². The number of carbonyl (C=O) groups is 1. The number of hydrogen-bond donors (Lipinski definition) is 0. The van der Waals surface area contributed by atoms with Gasteiger partial charge in [0.2, 0.25) is 5.12 Å². The third-order valence-corrected chi connectivity index (χ3v) is 4.66. The van der Waals surface area contributed by atoms with Gasteiger partial charge in [-0.1, -0.05) is 30.3 Å². The molecule has 0 atom stereocenters. The molecule has 0 bridgehead atoms. The lowest BCUT2D eigenvalue weighted by Crippen LogP contribution is -3.00. The molecule has 1 heterocycles. The van der Waals surface area contributed by atoms with Gasteiger partial charge in [0.05, 0.1) is 20.1 Å². The Morgan fingerprint density at radius 3 is 2.39 bits per heavy atom. The number of hydrogen-bond acceptors (Lipinski definition) is 2. The number of benzene rings is 1. The number of quaternary nitrogens is 1. The Hall–Kier alpha value is -0.0700. The summed E-state index contributed by atoms with van der Waals surface area (Å²) in [6.45, 7) is 2.43. The smallest absolute Gasteiger partial charge is 0.224 e. The van der Waals surface area contributed by atoms with E-state index in [1.54, 1.807) is 0 Å². The molecule has 0 amide bonds. The van der Waals surface area contributed by atoms with Crippen molar-refractivity contribution in [2.24, 2.45) is 0 Å². The van der Waals surface area contributed by atoms with Crippen molar-refractivity contribution in [2.45, 2.75) is 19.3 Å². The van der Waals surface area contributed by atoms with Gasteiger partial charge in [-0.2, -0.15) is 0 Å². The SMILES string of the molecule is C[N+]1(CSC(=O)c2ccccc2)CCCCC1.[I-]. The second kappa shape index (κ2) is 7.50. The van der Waals surface area contributed by atoms with Crippen LogP contribution in [0.25, 0.3) is 0 Å². The zero-order valence-corrected chi connectivity index (χ0v) is 13.7. The van der Waals surface area contributed by atoms with Crippen LogP contribution in [0.3, 0.4) is 0 Å². The molecule has 18 heavy (non-hydrogen) atoms. The van der Waals surface area contributed by atoms with E-state index in [9.17, 15) is 4.79 Å². The lowest BCUT2D eigenvalue weighted by atomic mass is 10.1. The number of rotatable bonds is 3. The van der Waals surface area contributed by atoms with Crippen LogP contribution in [-0.2, 0) is 0 Å². The van der Waals surface area contributed by atoms with Crippen LogP contribution in [0, 0.1) is 0 Å². The largest absolute Gasteiger partial charge is 1.00 e. The fourth-order valence-corrected chi connectivity index (χ4v) is 3.27. The molecule has 0 saturated carbocycles. The van der Waals surface area contributed by atoms with E-state index in [0.29, 0.717) is 0 Å². The maximum Gasteiger partial charge on any atom is 0.224 e. The predicted molar refractivity (Wildman–Crippen MR) is 73.0 cm³/mol. The summed E-state index contributed by atoms with van der Waals surface area (Å²) in [5.41, 5.74) is 0.820. The van der Waals surface area contributed by atoms with Crippen LogP contribution < -0.4 is 24.0 Å². The molecule has 1 aliphatic heterocycles. The average Bonchev–Trinajstić information content (AvgIpc) is 2.38. The number of likely N-dealkylation sites (tertiary alicyclic amines) is 1. The second-order valence-corrected chi connectivity index (χ2v) is 5.97. The highest BCUT2D eigenvalue weighted by Crippen LogP contribution is 2.22. The molecule has 2 rings (SSSR count). The van der Waals surface area contributed by atoms with Gasteiger partial charge in [0, 0.05) is 5.56 Å². The van der Waals surface area contributed by atoms with Gasteiger partial charge < -0.3 is 28.5 Å². The van der Waals surface area contributed by atoms with Crippen molar-refractivity contribution >= 4 is 16.9 Å². The molecule has 0 spiro atoms. The minimum atomic E-state index is 0. The monoisotopic (exact) mass is 377 g/mol. The van der Waals surface area contributed by atoms with Gasteiger partial charge in [-0.05, 0) is 31.0 Å². The summed E-state index contributed by atoms with van der Waals surface area (Å²) in [7, 11) is 2.27. The van der Waals surface area contributed by atoms with Crippen LogP contribution in [0.15, 0.2) is 30.3 Å². The summed E-state index contributed by atoms with van der Waals surface area (Å²) < 4.78 is 1.04. The predicted octanol–water partition coefficient (Wildman–Crippen LogP) is 0.152. The lowest BCUT2D eigenvalue weighted by Gasteiger charge is -2.37. The van der Waals surface area contributed by atoms with Gasteiger partial charge in [0.15, 0.2) is 0 Å². The molecular formula is C14H20INOS. The molecule has 0 radical (unpaired) electrons. The van der Waals surface area contributed by atoms with Crippen molar-refractivity contribution in [2.75, 3.05) is 26.0 Å². The van der Waals surface area contributed by atoms with Crippen molar-refractivity contribution in [3.8, 4) is 0 Å². The fraction of sp³-hybridized carbons (Fsp3) is 0.500. The topological polar surface area (TPSA) is 17.1 Å². The molecule has 4 heteroatoms. The van der Waals surface area contributed by atoms with Gasteiger partial charge in [0.25, 0.3) is 0 Å². The Kier molecular flexibility index (Phi) is 6.66. The van der Waals surface area contributed by atoms with E-state index in [2.05, 4.69) is 7.05 Å². The Labute approximate surface area is 131 Å². The van der Waals surface area contributed by atoms with Crippen LogP contribution in [-0.4, -0.2) is 35.6 Å². The minimum absolute atomic E-state index is 0. The summed E-state index contributed by atoms with van der Waals surface area (Å²) >= 11 is 1.47. The standard InChI is InChI=1S/C14H20NOS.HI/c1-15(10-6-3-7-11-15)12-17-14(16)13-8-4-2-5-9-13;/h2,4-5,8-9H,3,6-7,10-12H2,1H3;1H/q+1;/p-1. The quantitative estimate of drug-likeness (QED) is 0.551. The molecular weight excluding hydrogens is 357 g/mol. The van der Waals surface area contributed by atoms with Crippen LogP contribution >= 0.6 is 11.8 Å². The van der Waals surface area contributed by atoms with E-state index in [-0.39, 0.29) is 29.1 Å². The molecule has 100 valence electrons. The maximum atomic E-state index is 12.0. The van der Waals surface area contributed by atoms with Crippen LogP contribution in [0.5, 0.6) is 0 Å². The first-order valence-corrected chi connectivity index (χ1v) is 7.24. The molecule has 1 aromatic rings. The van der Waals surface area contributed by atoms with Crippen LogP contribution in [0.4, 0.5) is 0 Å². The normalized spacial score (nSPS) is 17.8. The summed E-state index contributed by atoms with van der Waals surface area (Å²) in [5, 5.41) is 0.204. The summed E-state index contributed by atoms with van der Waals surface area (Å²) in [4.78, 5) is 12.0. The second-order valence-electron chi connectivity index (χ2n) is 5.05. The average molecular weight is 377 g/mol. The third-order valence-electron chi connectivity index (χ3n) is 3.41. The van der Waals surface area contributed by atoms with E-state index in [0.717, 1.165) is 15.9 Å². The zero-order chi connectivity index (χ0) is 12.1. The van der Waals surface area contributed by atoms with Crippen molar-refractivity contribution in [1.29, 1.82) is 0 Å². The lowest BCUT2D eigenvalue weighted by molar-refractivity contribution is -0.901. The molecule has 1 aliphatic rings. The van der Waals surface area contributed by atoms with Crippen molar-refractivity contribution < 1.29 is 33.3 Å². The maximum absolute atomic E-state index is 12.0. The molecule has 1 aromatic carbocycles. The van der Waals surface area contributed by atoms with Gasteiger partial charge >= 0.3 is 0 Å². The fourth-order valence-electron chi connectivity index (χ4n) is 2.28. The number of piperidine rings is 1. The molecule has 0 N–H and O–H groups in total. The molecule has 0 aliphatic carbocycles. The van der Waals surface area contributed by atoms with Gasteiger partial charge in [-0.3, -0.25) is 4.79 Å². The Morgan fingerprint density at radius 1 is 1.17 bits per heavy atom. The highest BCUT2D eigenvalue weighted by Gasteiger charge is 2.25. The summed E-state index contributed by atoms with van der Waals surface area (Å²) in [6, 6.07) is 9.58. The van der Waals surface area contributed by atoms with Crippen LogP contribution in [0.1, 0.15) is 29.6 Å². The first-order valence-electron chi connectivity index (χ1n) is 6.25. The van der Waals surface area contributed by atoms with E-state index < -0.39 is 0 Å². The number of carbonyl (C=O) groups excluding carboxylic acids is 1. The van der Waals surface area contributed by atoms with E-state index in [1.807, 2.05) is 30.3 Å². The summed E-state index contributed by atoms with van der Waals surface area (Å²) in [6.07, 6.45) is 3.96. The van der Waals surface area contributed by atoms with Gasteiger partial charge in [-0.25, -0.2) is 0 Å². The molecule has 1 saturated heterocycles. The number of nitrogens with zero attached hydrogens (tertiary/aromatic N) is 1. The number of halogens is 1. The van der Waals surface area contributed by atoms with E-state index >= 15 is 0 Å². The van der Waals surface area contributed by atoms with Gasteiger partial charge in [-0.15, -0.1) is 0 Å². The van der Waals surface area contributed by atoms with Crippen molar-refractivity contribution in [1.82, 2.24) is 0 Å². The van der Waals surface area contributed by atoms with Crippen molar-refractivity contribution in [3.05, 3.63) is 35.9 Å². The van der Waals surface area contributed by atoms with E-state index in [4.69, 9.17) is 0 Å². The highest BCUT2D eigenvalue weighted by molar-refractivity contribution is 8.14. The zero-order valence-electron chi connectivity index (χ0n) is 10.8. The molecule has 0 aromatic heterocycles. The Balaban J connectivity index is 0.00000162. The summed E-state index contributed by atoms with van der Waals surface area (Å²) in [5.74, 6) is 0.910. The third kappa shape index (κ3) is 4.55. The number of thioether (sulfide) groups is 1. The first-order chi connectivity index (χ1) is 8.20. The molecule has 0 unspecified atom stereocenters.